The Labute approximate surface area is 241 Å². The summed E-state index contributed by atoms with van der Waals surface area (Å²) in [6, 6.07) is 14.8. The molecule has 0 atom stereocenters. The SMILES string of the molecule is CCCc1nc(CC)c(C(=O)NC)n1Cc1ccc(-c2ccccc2SNc2onc(C)c2C)c(COCC)c1. The van der Waals surface area contributed by atoms with Crippen molar-refractivity contribution >= 4 is 23.7 Å². The fourth-order valence-corrected chi connectivity index (χ4v) is 5.50. The number of hydrogen-bond acceptors (Lipinski definition) is 7. The van der Waals surface area contributed by atoms with Crippen LogP contribution >= 0.6 is 11.9 Å². The highest BCUT2D eigenvalue weighted by Crippen LogP contribution is 2.35. The summed E-state index contributed by atoms with van der Waals surface area (Å²) in [6.07, 6.45) is 2.48. The van der Waals surface area contributed by atoms with Crippen molar-refractivity contribution in [2.75, 3.05) is 18.4 Å². The van der Waals surface area contributed by atoms with Crippen molar-refractivity contribution in [3.63, 3.8) is 0 Å². The smallest absolute Gasteiger partial charge is 0.269 e. The lowest BCUT2D eigenvalue weighted by Gasteiger charge is -2.17. The third-order valence-corrected chi connectivity index (χ3v) is 7.79. The molecule has 9 heteroatoms. The maximum absolute atomic E-state index is 12.9. The Morgan fingerprint density at radius 3 is 2.58 bits per heavy atom. The van der Waals surface area contributed by atoms with E-state index in [0.717, 1.165) is 62.8 Å². The van der Waals surface area contributed by atoms with Crippen molar-refractivity contribution in [1.29, 1.82) is 0 Å². The third-order valence-electron chi connectivity index (χ3n) is 6.93. The quantitative estimate of drug-likeness (QED) is 0.175. The molecule has 4 aromatic rings. The Kier molecular flexibility index (Phi) is 10.1. The lowest BCUT2D eigenvalue weighted by molar-refractivity contribution is 0.0953. The Bertz CT molecular complexity index is 1460. The standard InChI is InChI=1S/C31H39N5O3S/c1-7-12-28-33-26(8-2)29(30(37)32-6)36(28)18-22-15-16-24(23(17-22)19-38-9-3)25-13-10-11-14-27(25)40-35-31-20(4)21(5)34-39-31/h10-11,13-17,35H,7-9,12,18-19H2,1-6H3,(H,32,37). The molecule has 2 N–H and O–H groups in total. The van der Waals surface area contributed by atoms with Gasteiger partial charge in [0.25, 0.3) is 5.91 Å². The Balaban J connectivity index is 1.71. The van der Waals surface area contributed by atoms with Crippen LogP contribution in [0.1, 0.15) is 71.6 Å². The molecule has 0 radical (unpaired) electrons. The van der Waals surface area contributed by atoms with Crippen LogP contribution in [0, 0.1) is 13.8 Å². The second-order valence-electron chi connectivity index (χ2n) is 9.64. The molecule has 0 spiro atoms. The number of rotatable bonds is 13. The van der Waals surface area contributed by atoms with Crippen LogP contribution in [0.15, 0.2) is 51.9 Å². The van der Waals surface area contributed by atoms with Crippen molar-refractivity contribution in [1.82, 2.24) is 20.0 Å². The summed E-state index contributed by atoms with van der Waals surface area (Å²) >= 11 is 1.50. The minimum absolute atomic E-state index is 0.103. The zero-order chi connectivity index (χ0) is 28.6. The maximum Gasteiger partial charge on any atom is 0.269 e. The lowest BCUT2D eigenvalue weighted by atomic mass is 9.97. The van der Waals surface area contributed by atoms with Gasteiger partial charge in [-0.3, -0.25) is 9.52 Å². The van der Waals surface area contributed by atoms with Crippen molar-refractivity contribution in [2.24, 2.45) is 0 Å². The summed E-state index contributed by atoms with van der Waals surface area (Å²) in [5, 5.41) is 6.85. The minimum atomic E-state index is -0.103. The molecule has 4 rings (SSSR count). The second-order valence-corrected chi connectivity index (χ2v) is 10.5. The molecule has 2 heterocycles. The summed E-state index contributed by atoms with van der Waals surface area (Å²) in [5.41, 5.74) is 7.74. The molecular formula is C31H39N5O3S. The predicted molar refractivity (Wildman–Crippen MR) is 161 cm³/mol. The monoisotopic (exact) mass is 561 g/mol. The first-order valence-electron chi connectivity index (χ1n) is 13.9. The molecule has 0 aliphatic heterocycles. The van der Waals surface area contributed by atoms with Gasteiger partial charge in [-0.25, -0.2) is 4.98 Å². The van der Waals surface area contributed by atoms with Crippen molar-refractivity contribution in [3.8, 4) is 11.1 Å². The Hall–Kier alpha value is -3.56. The fraction of sp³-hybridized carbons (Fsp3) is 0.387. The summed E-state index contributed by atoms with van der Waals surface area (Å²) in [5.74, 6) is 1.50. The number of carbonyl (C=O) groups excluding carboxylic acids is 1. The first-order chi connectivity index (χ1) is 19.4. The van der Waals surface area contributed by atoms with Crippen LogP contribution in [0.4, 0.5) is 5.88 Å². The van der Waals surface area contributed by atoms with E-state index in [-0.39, 0.29) is 5.91 Å². The molecule has 2 aromatic carbocycles. The van der Waals surface area contributed by atoms with E-state index in [0.29, 0.717) is 37.8 Å². The normalized spacial score (nSPS) is 11.2. The Morgan fingerprint density at radius 2 is 1.90 bits per heavy atom. The van der Waals surface area contributed by atoms with Crippen LogP contribution in [0.25, 0.3) is 11.1 Å². The number of aryl methyl sites for hydroxylation is 3. The molecule has 212 valence electrons. The molecule has 0 bridgehead atoms. The summed E-state index contributed by atoms with van der Waals surface area (Å²) in [6.45, 7) is 11.8. The summed E-state index contributed by atoms with van der Waals surface area (Å²) in [4.78, 5) is 18.8. The Morgan fingerprint density at radius 1 is 1.10 bits per heavy atom. The van der Waals surface area contributed by atoms with E-state index in [1.807, 2.05) is 39.8 Å². The highest BCUT2D eigenvalue weighted by molar-refractivity contribution is 8.00. The highest BCUT2D eigenvalue weighted by Gasteiger charge is 2.22. The van der Waals surface area contributed by atoms with E-state index in [1.165, 1.54) is 11.9 Å². The molecular weight excluding hydrogens is 522 g/mol. The number of nitrogens with zero attached hydrogens (tertiary/aromatic N) is 3. The van der Waals surface area contributed by atoms with Gasteiger partial charge in [-0.05, 0) is 73.9 Å². The van der Waals surface area contributed by atoms with Crippen molar-refractivity contribution in [3.05, 3.63) is 82.1 Å². The molecule has 0 aliphatic carbocycles. The van der Waals surface area contributed by atoms with E-state index >= 15 is 0 Å². The molecule has 1 amide bonds. The van der Waals surface area contributed by atoms with Gasteiger partial charge >= 0.3 is 0 Å². The number of ether oxygens (including phenoxy) is 1. The first kappa shape index (κ1) is 29.4. The zero-order valence-corrected chi connectivity index (χ0v) is 25.1. The number of carbonyl (C=O) groups is 1. The van der Waals surface area contributed by atoms with Crippen LogP contribution in [-0.2, 0) is 30.7 Å². The number of anilines is 1. The van der Waals surface area contributed by atoms with Gasteiger partial charge < -0.3 is 19.1 Å². The summed E-state index contributed by atoms with van der Waals surface area (Å²) in [7, 11) is 1.67. The van der Waals surface area contributed by atoms with Gasteiger partial charge in [0.05, 0.1) is 18.0 Å². The topological polar surface area (TPSA) is 94.2 Å². The molecule has 0 saturated carbocycles. The van der Waals surface area contributed by atoms with Gasteiger partial charge in [-0.1, -0.05) is 55.4 Å². The number of aromatic nitrogens is 3. The third kappa shape index (κ3) is 6.42. The average Bonchev–Trinajstić information content (AvgIpc) is 3.48. The first-order valence-corrected chi connectivity index (χ1v) is 14.7. The second kappa shape index (κ2) is 13.7. The number of benzene rings is 2. The fourth-order valence-electron chi connectivity index (χ4n) is 4.67. The van der Waals surface area contributed by atoms with Gasteiger partial charge in [-0.2, -0.15) is 0 Å². The largest absolute Gasteiger partial charge is 0.377 e. The van der Waals surface area contributed by atoms with E-state index in [9.17, 15) is 4.79 Å². The van der Waals surface area contributed by atoms with E-state index in [1.54, 1.807) is 7.05 Å². The number of amides is 1. The predicted octanol–water partition coefficient (Wildman–Crippen LogP) is 6.73. The molecule has 2 aromatic heterocycles. The number of hydrogen-bond donors (Lipinski definition) is 2. The molecule has 0 fully saturated rings. The molecule has 0 unspecified atom stereocenters. The van der Waals surface area contributed by atoms with Crippen molar-refractivity contribution < 1.29 is 14.1 Å². The summed E-state index contributed by atoms with van der Waals surface area (Å²) < 4.78 is 16.8. The van der Waals surface area contributed by atoms with Gasteiger partial charge in [-0.15, -0.1) is 0 Å². The highest BCUT2D eigenvalue weighted by atomic mass is 32.2. The van der Waals surface area contributed by atoms with Crippen LogP contribution < -0.4 is 10.0 Å². The van der Waals surface area contributed by atoms with Crippen LogP contribution in [0.5, 0.6) is 0 Å². The zero-order valence-electron chi connectivity index (χ0n) is 24.3. The van der Waals surface area contributed by atoms with Gasteiger partial charge in [0.2, 0.25) is 5.88 Å². The van der Waals surface area contributed by atoms with Crippen LogP contribution in [0.3, 0.4) is 0 Å². The molecule has 0 aliphatic rings. The number of imidazole rings is 1. The number of nitrogens with one attached hydrogen (secondary N) is 2. The lowest BCUT2D eigenvalue weighted by Crippen LogP contribution is -2.24. The molecule has 0 saturated heterocycles. The minimum Gasteiger partial charge on any atom is -0.377 e. The van der Waals surface area contributed by atoms with E-state index in [4.69, 9.17) is 14.2 Å². The van der Waals surface area contributed by atoms with Crippen LogP contribution in [-0.4, -0.2) is 34.3 Å². The van der Waals surface area contributed by atoms with E-state index < -0.39 is 0 Å². The van der Waals surface area contributed by atoms with Gasteiger partial charge in [0, 0.05) is 37.1 Å². The average molecular weight is 562 g/mol. The maximum atomic E-state index is 12.9. The van der Waals surface area contributed by atoms with E-state index in [2.05, 4.69) is 57.0 Å². The molecule has 8 nitrogen and oxygen atoms in total. The van der Waals surface area contributed by atoms with Crippen molar-refractivity contribution in [2.45, 2.75) is 71.9 Å². The van der Waals surface area contributed by atoms with Crippen LogP contribution in [0.2, 0.25) is 0 Å². The van der Waals surface area contributed by atoms with Gasteiger partial charge in [0.1, 0.15) is 11.5 Å². The van der Waals surface area contributed by atoms with Gasteiger partial charge in [0.15, 0.2) is 0 Å². The molecule has 40 heavy (non-hydrogen) atoms.